The van der Waals surface area contributed by atoms with E-state index in [4.69, 9.17) is 0 Å². The Balaban J connectivity index is 1.31. The molecule has 8 heteroatoms. The molecule has 27 heavy (non-hydrogen) atoms. The van der Waals surface area contributed by atoms with Crippen LogP contribution in [0.5, 0.6) is 0 Å². The summed E-state index contributed by atoms with van der Waals surface area (Å²) in [7, 11) is 2.02. The highest BCUT2D eigenvalue weighted by Gasteiger charge is 2.42. The minimum absolute atomic E-state index is 0.0424. The molecule has 1 aromatic carbocycles. The zero-order valence-electron chi connectivity index (χ0n) is 14.6. The Hall–Kier alpha value is -2.45. The number of fused-ring (bicyclic) bond motifs is 1. The maximum atomic E-state index is 12.1. The molecule has 0 saturated heterocycles. The van der Waals surface area contributed by atoms with Gasteiger partial charge >= 0.3 is 0 Å². The van der Waals surface area contributed by atoms with E-state index in [1.807, 2.05) is 18.5 Å². The van der Waals surface area contributed by atoms with E-state index >= 15 is 0 Å². The van der Waals surface area contributed by atoms with E-state index in [9.17, 15) is 4.79 Å². The SMILES string of the molecule is Cn1c(SCc2cc(=O)n3ccsc3n2)nnc1[C@@H]1C[C@H]1c1ccccc1. The molecule has 1 aliphatic rings. The van der Waals surface area contributed by atoms with Crippen LogP contribution in [0.3, 0.4) is 0 Å². The summed E-state index contributed by atoms with van der Waals surface area (Å²) in [6.07, 6.45) is 2.87. The fourth-order valence-corrected chi connectivity index (χ4v) is 4.97. The Morgan fingerprint density at radius 2 is 2.07 bits per heavy atom. The van der Waals surface area contributed by atoms with Gasteiger partial charge < -0.3 is 4.57 Å². The fraction of sp³-hybridized carbons (Fsp3) is 0.263. The number of rotatable bonds is 5. The van der Waals surface area contributed by atoms with Crippen LogP contribution in [0.4, 0.5) is 0 Å². The predicted octanol–water partition coefficient (Wildman–Crippen LogP) is 3.45. The van der Waals surface area contributed by atoms with Crippen molar-refractivity contribution in [3.63, 3.8) is 0 Å². The predicted molar refractivity (Wildman–Crippen MR) is 106 cm³/mol. The molecule has 0 amide bonds. The van der Waals surface area contributed by atoms with Crippen molar-refractivity contribution >= 4 is 28.1 Å². The third-order valence-corrected chi connectivity index (χ3v) is 6.73. The molecule has 0 spiro atoms. The van der Waals surface area contributed by atoms with Crippen molar-refractivity contribution in [2.75, 3.05) is 0 Å². The Morgan fingerprint density at radius 1 is 1.22 bits per heavy atom. The molecule has 1 fully saturated rings. The van der Waals surface area contributed by atoms with Crippen molar-refractivity contribution in [3.05, 3.63) is 75.4 Å². The number of thioether (sulfide) groups is 1. The molecule has 136 valence electrons. The Kier molecular flexibility index (Phi) is 4.09. The van der Waals surface area contributed by atoms with Gasteiger partial charge in [0.2, 0.25) is 0 Å². The zero-order valence-corrected chi connectivity index (χ0v) is 16.3. The topological polar surface area (TPSA) is 65.1 Å². The van der Waals surface area contributed by atoms with Crippen LogP contribution in [0, 0.1) is 0 Å². The second-order valence-electron chi connectivity index (χ2n) is 6.69. The second-order valence-corrected chi connectivity index (χ2v) is 8.50. The standard InChI is InChI=1S/C19H17N5OS2/c1-23-17(15-10-14(15)12-5-3-2-4-6-12)21-22-19(23)27-11-13-9-16(25)24-7-8-26-18(24)20-13/h2-9,14-15H,10-11H2,1H3/t14-,15+/m0/s1. The lowest BCUT2D eigenvalue weighted by atomic mass is 10.1. The largest absolute Gasteiger partial charge is 0.309 e. The molecular formula is C19H17N5OS2. The van der Waals surface area contributed by atoms with E-state index < -0.39 is 0 Å². The molecule has 4 aromatic rings. The van der Waals surface area contributed by atoms with E-state index in [0.717, 1.165) is 28.1 Å². The molecule has 1 aliphatic carbocycles. The smallest absolute Gasteiger partial charge is 0.258 e. The second kappa shape index (κ2) is 6.61. The van der Waals surface area contributed by atoms with Crippen LogP contribution in [0.15, 0.2) is 57.9 Å². The summed E-state index contributed by atoms with van der Waals surface area (Å²) in [6.45, 7) is 0. The third kappa shape index (κ3) is 3.08. The van der Waals surface area contributed by atoms with Gasteiger partial charge in [0.15, 0.2) is 10.1 Å². The van der Waals surface area contributed by atoms with Crippen LogP contribution in [-0.2, 0) is 12.8 Å². The lowest BCUT2D eigenvalue weighted by molar-refractivity contribution is 0.730. The lowest BCUT2D eigenvalue weighted by Crippen LogP contribution is -2.12. The van der Waals surface area contributed by atoms with Crippen LogP contribution in [0.25, 0.3) is 4.96 Å². The summed E-state index contributed by atoms with van der Waals surface area (Å²) in [5.41, 5.74) is 2.10. The molecule has 3 heterocycles. The number of hydrogen-bond donors (Lipinski definition) is 0. The van der Waals surface area contributed by atoms with Crippen molar-refractivity contribution in [3.8, 4) is 0 Å². The first-order valence-electron chi connectivity index (χ1n) is 8.73. The van der Waals surface area contributed by atoms with Gasteiger partial charge in [-0.25, -0.2) is 4.98 Å². The molecule has 0 unspecified atom stereocenters. The molecule has 0 bridgehead atoms. The summed E-state index contributed by atoms with van der Waals surface area (Å²) in [4.78, 5) is 17.4. The fourth-order valence-electron chi connectivity index (χ4n) is 3.42. The average molecular weight is 396 g/mol. The molecule has 6 nitrogen and oxygen atoms in total. The van der Waals surface area contributed by atoms with Crippen molar-refractivity contribution in [2.45, 2.75) is 29.2 Å². The number of nitrogens with zero attached hydrogens (tertiary/aromatic N) is 5. The van der Waals surface area contributed by atoms with Gasteiger partial charge in [0.1, 0.15) is 5.82 Å². The van der Waals surface area contributed by atoms with Crippen LogP contribution in [-0.4, -0.2) is 24.1 Å². The maximum absolute atomic E-state index is 12.1. The van der Waals surface area contributed by atoms with Gasteiger partial charge in [0.05, 0.1) is 5.69 Å². The van der Waals surface area contributed by atoms with E-state index in [2.05, 4.69) is 44.0 Å². The third-order valence-electron chi connectivity index (χ3n) is 4.92. The normalized spacial score (nSPS) is 18.9. The van der Waals surface area contributed by atoms with Crippen molar-refractivity contribution < 1.29 is 0 Å². The summed E-state index contributed by atoms with van der Waals surface area (Å²) in [6, 6.07) is 12.2. The van der Waals surface area contributed by atoms with Crippen molar-refractivity contribution in [2.24, 2.45) is 7.05 Å². The molecule has 2 atom stereocenters. The van der Waals surface area contributed by atoms with E-state index in [1.165, 1.54) is 16.9 Å². The monoisotopic (exact) mass is 395 g/mol. The van der Waals surface area contributed by atoms with Gasteiger partial charge in [0, 0.05) is 36.4 Å². The highest BCUT2D eigenvalue weighted by Crippen LogP contribution is 2.54. The first-order valence-corrected chi connectivity index (χ1v) is 10.6. The molecule has 5 rings (SSSR count). The molecule has 0 radical (unpaired) electrons. The first-order chi connectivity index (χ1) is 13.2. The van der Waals surface area contributed by atoms with Gasteiger partial charge in [-0.05, 0) is 17.9 Å². The van der Waals surface area contributed by atoms with Gasteiger partial charge in [-0.3, -0.25) is 9.20 Å². The van der Waals surface area contributed by atoms with Crippen molar-refractivity contribution in [1.29, 1.82) is 0 Å². The lowest BCUT2D eigenvalue weighted by Gasteiger charge is -2.04. The van der Waals surface area contributed by atoms with Crippen LogP contribution in [0.2, 0.25) is 0 Å². The average Bonchev–Trinajstić information content (AvgIpc) is 3.16. The van der Waals surface area contributed by atoms with Gasteiger partial charge in [-0.1, -0.05) is 42.1 Å². The Labute approximate surface area is 163 Å². The number of thiazole rings is 1. The molecule has 0 aliphatic heterocycles. The zero-order chi connectivity index (χ0) is 18.4. The molecular weight excluding hydrogens is 378 g/mol. The minimum atomic E-state index is -0.0424. The van der Waals surface area contributed by atoms with Crippen molar-refractivity contribution in [1.82, 2.24) is 24.1 Å². The summed E-state index contributed by atoms with van der Waals surface area (Å²) in [5.74, 6) is 2.61. The molecule has 1 saturated carbocycles. The van der Waals surface area contributed by atoms with Gasteiger partial charge in [-0.2, -0.15) is 0 Å². The molecule has 0 N–H and O–H groups in total. The first kappa shape index (κ1) is 16.7. The van der Waals surface area contributed by atoms with Crippen LogP contribution in [0.1, 0.15) is 35.3 Å². The Morgan fingerprint density at radius 3 is 2.93 bits per heavy atom. The Bertz CT molecular complexity index is 1160. The molecule has 3 aromatic heterocycles. The quantitative estimate of drug-likeness (QED) is 0.484. The van der Waals surface area contributed by atoms with E-state index in [0.29, 0.717) is 17.6 Å². The summed E-state index contributed by atoms with van der Waals surface area (Å²) >= 11 is 3.03. The van der Waals surface area contributed by atoms with Crippen LogP contribution >= 0.6 is 23.1 Å². The van der Waals surface area contributed by atoms with Gasteiger partial charge in [0.25, 0.3) is 5.56 Å². The number of benzene rings is 1. The van der Waals surface area contributed by atoms with E-state index in [-0.39, 0.29) is 5.56 Å². The summed E-state index contributed by atoms with van der Waals surface area (Å²) < 4.78 is 3.64. The van der Waals surface area contributed by atoms with E-state index in [1.54, 1.807) is 28.4 Å². The number of hydrogen-bond acceptors (Lipinski definition) is 6. The number of aromatic nitrogens is 5. The van der Waals surface area contributed by atoms with Crippen LogP contribution < -0.4 is 5.56 Å². The van der Waals surface area contributed by atoms with Gasteiger partial charge in [-0.15, -0.1) is 21.5 Å². The highest BCUT2D eigenvalue weighted by atomic mass is 32.2. The summed E-state index contributed by atoms with van der Waals surface area (Å²) in [5, 5.41) is 11.5. The highest BCUT2D eigenvalue weighted by molar-refractivity contribution is 7.98. The minimum Gasteiger partial charge on any atom is -0.309 e. The maximum Gasteiger partial charge on any atom is 0.258 e.